The minimum Gasteiger partial charge on any atom is -0.475 e. The Balaban J connectivity index is 1.65. The van der Waals surface area contributed by atoms with Gasteiger partial charge in [-0.15, -0.1) is 0 Å². The average Bonchev–Trinajstić information content (AvgIpc) is 2.52. The van der Waals surface area contributed by atoms with Crippen molar-refractivity contribution in [3.8, 4) is 5.88 Å². The number of guanidine groups is 1. The SMILES string of the molecule is CN=C(NCCOc1ncccc1Cl)NC1CN(C(=O)OC(C)(C)C)C1. The van der Waals surface area contributed by atoms with Crippen molar-refractivity contribution in [2.24, 2.45) is 4.99 Å². The fourth-order valence-corrected chi connectivity index (χ4v) is 2.40. The van der Waals surface area contributed by atoms with Crippen LogP contribution < -0.4 is 15.4 Å². The van der Waals surface area contributed by atoms with Crippen LogP contribution in [0.5, 0.6) is 5.88 Å². The minimum atomic E-state index is -0.482. The van der Waals surface area contributed by atoms with Gasteiger partial charge in [0.25, 0.3) is 0 Å². The van der Waals surface area contributed by atoms with Gasteiger partial charge in [-0.1, -0.05) is 11.6 Å². The Morgan fingerprint density at radius 3 is 2.81 bits per heavy atom. The lowest BCUT2D eigenvalue weighted by Gasteiger charge is -2.40. The molecule has 1 saturated heterocycles. The first-order valence-corrected chi connectivity index (χ1v) is 8.84. The maximum Gasteiger partial charge on any atom is 0.410 e. The molecule has 0 atom stereocenters. The molecule has 1 aromatic rings. The molecule has 0 aromatic carbocycles. The van der Waals surface area contributed by atoms with E-state index in [2.05, 4.69) is 20.6 Å². The van der Waals surface area contributed by atoms with E-state index in [-0.39, 0.29) is 12.1 Å². The molecule has 0 bridgehead atoms. The molecule has 2 heterocycles. The quantitative estimate of drug-likeness (QED) is 0.458. The number of amides is 1. The fraction of sp³-hybridized carbons (Fsp3) is 0.588. The van der Waals surface area contributed by atoms with Crippen LogP contribution in [0.2, 0.25) is 5.02 Å². The topological polar surface area (TPSA) is 88.1 Å². The summed E-state index contributed by atoms with van der Waals surface area (Å²) < 4.78 is 10.8. The Morgan fingerprint density at radius 1 is 1.46 bits per heavy atom. The third-order valence-corrected chi connectivity index (χ3v) is 3.74. The zero-order valence-corrected chi connectivity index (χ0v) is 16.3. The van der Waals surface area contributed by atoms with Crippen LogP contribution in [0.1, 0.15) is 20.8 Å². The van der Waals surface area contributed by atoms with Crippen LogP contribution in [0.3, 0.4) is 0 Å². The van der Waals surface area contributed by atoms with Crippen LogP contribution >= 0.6 is 11.6 Å². The Labute approximate surface area is 158 Å². The fourth-order valence-electron chi connectivity index (χ4n) is 2.23. The van der Waals surface area contributed by atoms with Crippen LogP contribution in [0.15, 0.2) is 23.3 Å². The Kier molecular flexibility index (Phi) is 6.90. The van der Waals surface area contributed by atoms with Crippen molar-refractivity contribution in [1.29, 1.82) is 0 Å². The number of halogens is 1. The maximum absolute atomic E-state index is 11.9. The van der Waals surface area contributed by atoms with Crippen molar-refractivity contribution in [2.75, 3.05) is 33.3 Å². The van der Waals surface area contributed by atoms with Crippen molar-refractivity contribution < 1.29 is 14.3 Å². The van der Waals surface area contributed by atoms with Crippen LogP contribution in [-0.4, -0.2) is 66.9 Å². The second-order valence-electron chi connectivity index (χ2n) is 6.86. The summed E-state index contributed by atoms with van der Waals surface area (Å²) in [6, 6.07) is 3.61. The highest BCUT2D eigenvalue weighted by Gasteiger charge is 2.34. The molecule has 9 heteroatoms. The highest BCUT2D eigenvalue weighted by Crippen LogP contribution is 2.19. The number of ether oxygens (including phenoxy) is 2. The van der Waals surface area contributed by atoms with Crippen molar-refractivity contribution >= 4 is 23.7 Å². The van der Waals surface area contributed by atoms with Gasteiger partial charge in [0.15, 0.2) is 5.96 Å². The Hall–Kier alpha value is -2.22. The number of hydrogen-bond donors (Lipinski definition) is 2. The van der Waals surface area contributed by atoms with Gasteiger partial charge < -0.3 is 25.0 Å². The molecule has 1 amide bonds. The summed E-state index contributed by atoms with van der Waals surface area (Å²) in [5.74, 6) is 1.06. The minimum absolute atomic E-state index is 0.139. The van der Waals surface area contributed by atoms with E-state index in [9.17, 15) is 4.79 Å². The van der Waals surface area contributed by atoms with E-state index in [1.807, 2.05) is 20.8 Å². The molecule has 8 nitrogen and oxygen atoms in total. The number of likely N-dealkylation sites (tertiary alicyclic amines) is 1. The third kappa shape index (κ3) is 6.25. The predicted octanol–water partition coefficient (Wildman–Crippen LogP) is 1.90. The second-order valence-corrected chi connectivity index (χ2v) is 7.27. The van der Waals surface area contributed by atoms with Crippen molar-refractivity contribution in [2.45, 2.75) is 32.4 Å². The summed E-state index contributed by atoms with van der Waals surface area (Å²) in [7, 11) is 1.69. The van der Waals surface area contributed by atoms with Gasteiger partial charge in [-0.3, -0.25) is 4.99 Å². The molecule has 0 aliphatic carbocycles. The van der Waals surface area contributed by atoms with Gasteiger partial charge in [0.05, 0.1) is 12.6 Å². The van der Waals surface area contributed by atoms with E-state index < -0.39 is 5.60 Å². The number of carbonyl (C=O) groups excluding carboxylic acids is 1. The third-order valence-electron chi connectivity index (χ3n) is 3.46. The summed E-state index contributed by atoms with van der Waals surface area (Å²) in [5.41, 5.74) is -0.482. The number of nitrogens with zero attached hydrogens (tertiary/aromatic N) is 3. The van der Waals surface area contributed by atoms with Gasteiger partial charge in [0, 0.05) is 26.3 Å². The van der Waals surface area contributed by atoms with Crippen LogP contribution in [-0.2, 0) is 4.74 Å². The van der Waals surface area contributed by atoms with E-state index in [0.717, 1.165) is 0 Å². The zero-order chi connectivity index (χ0) is 19.2. The van der Waals surface area contributed by atoms with E-state index in [4.69, 9.17) is 21.1 Å². The summed E-state index contributed by atoms with van der Waals surface area (Å²) >= 11 is 5.98. The Morgan fingerprint density at radius 2 is 2.19 bits per heavy atom. The molecule has 1 aliphatic heterocycles. The highest BCUT2D eigenvalue weighted by molar-refractivity contribution is 6.31. The molecule has 0 unspecified atom stereocenters. The smallest absolute Gasteiger partial charge is 0.410 e. The highest BCUT2D eigenvalue weighted by atomic mass is 35.5. The van der Waals surface area contributed by atoms with Crippen molar-refractivity contribution in [3.05, 3.63) is 23.4 Å². The lowest BCUT2D eigenvalue weighted by molar-refractivity contribution is 0.00701. The van der Waals surface area contributed by atoms with Gasteiger partial charge in [-0.25, -0.2) is 9.78 Å². The van der Waals surface area contributed by atoms with Crippen LogP contribution in [0, 0.1) is 0 Å². The number of carbonyl (C=O) groups is 1. The molecular weight excluding hydrogens is 358 g/mol. The van der Waals surface area contributed by atoms with Crippen molar-refractivity contribution in [3.63, 3.8) is 0 Å². The lowest BCUT2D eigenvalue weighted by Crippen LogP contribution is -2.63. The van der Waals surface area contributed by atoms with Gasteiger partial charge in [0.2, 0.25) is 5.88 Å². The molecular formula is C17H26ClN5O3. The zero-order valence-electron chi connectivity index (χ0n) is 15.6. The largest absolute Gasteiger partial charge is 0.475 e. The van der Waals surface area contributed by atoms with E-state index in [1.54, 1.807) is 30.3 Å². The molecule has 144 valence electrons. The monoisotopic (exact) mass is 383 g/mol. The van der Waals surface area contributed by atoms with Gasteiger partial charge in [-0.05, 0) is 32.9 Å². The van der Waals surface area contributed by atoms with E-state index in [0.29, 0.717) is 43.1 Å². The maximum atomic E-state index is 11.9. The summed E-state index contributed by atoms with van der Waals surface area (Å²) in [5, 5.41) is 6.88. The first-order chi connectivity index (χ1) is 12.3. The second kappa shape index (κ2) is 8.93. The molecule has 1 aliphatic rings. The number of hydrogen-bond acceptors (Lipinski definition) is 5. The number of aromatic nitrogens is 1. The lowest BCUT2D eigenvalue weighted by atomic mass is 10.1. The summed E-state index contributed by atoms with van der Waals surface area (Å²) in [6.07, 6.45) is 1.33. The number of nitrogens with one attached hydrogen (secondary N) is 2. The molecule has 26 heavy (non-hydrogen) atoms. The number of pyridine rings is 1. The standard InChI is InChI=1S/C17H26ClN5O3/c1-17(2,3)26-16(24)23-10-12(11-23)22-15(19-4)21-8-9-25-14-13(18)6-5-7-20-14/h5-7,12H,8-11H2,1-4H3,(H2,19,21,22). The molecule has 0 saturated carbocycles. The summed E-state index contributed by atoms with van der Waals surface area (Å²) in [4.78, 5) is 21.8. The molecule has 1 aromatic heterocycles. The molecule has 2 N–H and O–H groups in total. The van der Waals surface area contributed by atoms with Gasteiger partial charge in [-0.2, -0.15) is 0 Å². The van der Waals surface area contributed by atoms with Crippen LogP contribution in [0.4, 0.5) is 4.79 Å². The predicted molar refractivity (Wildman–Crippen MR) is 101 cm³/mol. The first-order valence-electron chi connectivity index (χ1n) is 8.47. The molecule has 2 rings (SSSR count). The van der Waals surface area contributed by atoms with E-state index >= 15 is 0 Å². The normalized spacial score (nSPS) is 15.3. The van der Waals surface area contributed by atoms with Gasteiger partial charge in [0.1, 0.15) is 17.2 Å². The van der Waals surface area contributed by atoms with Gasteiger partial charge >= 0.3 is 6.09 Å². The molecule has 0 radical (unpaired) electrons. The van der Waals surface area contributed by atoms with Crippen molar-refractivity contribution in [1.82, 2.24) is 20.5 Å². The molecule has 0 spiro atoms. The summed E-state index contributed by atoms with van der Waals surface area (Å²) in [6.45, 7) is 7.65. The number of aliphatic imine (C=N–C) groups is 1. The number of rotatable bonds is 5. The van der Waals surface area contributed by atoms with E-state index in [1.165, 1.54) is 0 Å². The Bertz CT molecular complexity index is 642. The molecule has 1 fully saturated rings. The van der Waals surface area contributed by atoms with Crippen LogP contribution in [0.25, 0.3) is 0 Å². The average molecular weight is 384 g/mol. The first kappa shape index (κ1) is 20.1.